The standard InChI is InChI=1S/C22H27N3O4.C21H25N3O4/c1-12(2)8-14(23)11-29-19-10-18-16(9-17(19)22(27)28-5)15-6-7-24-13(3)20(15)21(26)25(18)4;1-11(2)7-13(22)10-28-18-9-17-15(8-16(18)21(26)27)14-5-6-23-12(3)19(14)20(25)24(17)4/h6-7,9-10,12,14H,8,11,23H2,1-5H3;5-6,8-9,11,13H,7,10,22H2,1-4H3,(H,26,27)/t14-;13-/m00/s1. The summed E-state index contributed by atoms with van der Waals surface area (Å²) in [6.45, 7) is 12.3. The molecule has 14 heteroatoms. The van der Waals surface area contributed by atoms with Gasteiger partial charge in [0.25, 0.3) is 11.1 Å². The number of carbonyl (C=O) groups excluding carboxylic acids is 1. The SMILES string of the molecule is COC(=O)c1cc2c3ccnc(C)c3c(=O)n(C)c2cc1OC[C@@H](N)CC(C)C.Cc1nccc2c1c(=O)n(C)c1cc(OC[C@@H](N)CC(C)C)c(C(=O)O)cc21. The molecule has 0 spiro atoms. The van der Waals surface area contributed by atoms with Crippen molar-refractivity contribution in [3.8, 4) is 11.5 Å². The maximum absolute atomic E-state index is 12.9. The Morgan fingerprint density at radius 3 is 1.49 bits per heavy atom. The smallest absolute Gasteiger partial charge is 0.341 e. The van der Waals surface area contributed by atoms with E-state index in [1.54, 1.807) is 81.3 Å². The molecule has 0 aliphatic rings. The van der Waals surface area contributed by atoms with E-state index in [-0.39, 0.29) is 47.7 Å². The van der Waals surface area contributed by atoms with E-state index >= 15 is 0 Å². The average Bonchev–Trinajstić information content (AvgIpc) is 3.16. The average molecular weight is 781 g/mol. The number of pyridine rings is 4. The molecule has 0 bridgehead atoms. The minimum absolute atomic E-state index is 0.0404. The Balaban J connectivity index is 0.000000218. The molecule has 0 saturated carbocycles. The number of esters is 1. The number of ether oxygens (including phenoxy) is 3. The second-order valence-electron chi connectivity index (χ2n) is 15.3. The molecule has 0 unspecified atom stereocenters. The Morgan fingerprint density at radius 2 is 1.11 bits per heavy atom. The van der Waals surface area contributed by atoms with E-state index < -0.39 is 11.9 Å². The lowest BCUT2D eigenvalue weighted by molar-refractivity contribution is 0.0594. The van der Waals surface area contributed by atoms with Gasteiger partial charge in [-0.25, -0.2) is 9.59 Å². The van der Waals surface area contributed by atoms with Crippen molar-refractivity contribution in [1.29, 1.82) is 0 Å². The van der Waals surface area contributed by atoms with Crippen molar-refractivity contribution >= 4 is 55.3 Å². The molecule has 0 aliphatic carbocycles. The van der Waals surface area contributed by atoms with Crippen LogP contribution in [0.1, 0.15) is 72.6 Å². The molecule has 302 valence electrons. The van der Waals surface area contributed by atoms with E-state index in [9.17, 15) is 24.3 Å². The van der Waals surface area contributed by atoms with E-state index in [1.165, 1.54) is 11.7 Å². The number of aromatic carboxylic acids is 1. The zero-order valence-electron chi connectivity index (χ0n) is 34.0. The summed E-state index contributed by atoms with van der Waals surface area (Å²) in [5.74, 6) is -0.190. The zero-order valence-corrected chi connectivity index (χ0v) is 34.0. The molecule has 2 aromatic carbocycles. The number of nitrogens with zero attached hydrogens (tertiary/aromatic N) is 4. The number of rotatable bonds is 12. The van der Waals surface area contributed by atoms with Crippen LogP contribution in [0.2, 0.25) is 0 Å². The number of benzene rings is 2. The highest BCUT2D eigenvalue weighted by molar-refractivity contribution is 6.10. The third-order valence-electron chi connectivity index (χ3n) is 9.91. The molecular formula is C43H52N6O8. The molecule has 0 amide bonds. The first-order chi connectivity index (χ1) is 26.9. The lowest BCUT2D eigenvalue weighted by Crippen LogP contribution is -2.29. The number of hydrogen-bond acceptors (Lipinski definition) is 11. The third kappa shape index (κ3) is 8.92. The highest BCUT2D eigenvalue weighted by atomic mass is 16.5. The molecule has 2 atom stereocenters. The summed E-state index contributed by atoms with van der Waals surface area (Å²) in [6, 6.07) is 9.74. The molecule has 4 heterocycles. The lowest BCUT2D eigenvalue weighted by atomic mass is 10.0. The fraction of sp³-hybridized carbons (Fsp3) is 0.395. The fourth-order valence-corrected chi connectivity index (χ4v) is 7.22. The summed E-state index contributed by atoms with van der Waals surface area (Å²) in [5.41, 5.74) is 14.7. The maximum Gasteiger partial charge on any atom is 0.341 e. The molecule has 57 heavy (non-hydrogen) atoms. The number of fused-ring (bicyclic) bond motifs is 6. The van der Waals surface area contributed by atoms with Gasteiger partial charge in [0.15, 0.2) is 0 Å². The molecule has 14 nitrogen and oxygen atoms in total. The minimum atomic E-state index is -1.10. The van der Waals surface area contributed by atoms with Gasteiger partial charge in [-0.1, -0.05) is 27.7 Å². The van der Waals surface area contributed by atoms with Crippen LogP contribution in [0.25, 0.3) is 43.4 Å². The summed E-state index contributed by atoms with van der Waals surface area (Å²) < 4.78 is 19.7. The topological polar surface area (TPSA) is 204 Å². The normalized spacial score (nSPS) is 12.6. The first-order valence-electron chi connectivity index (χ1n) is 18.9. The largest absolute Gasteiger partial charge is 0.491 e. The first kappa shape index (κ1) is 42.3. The van der Waals surface area contributed by atoms with Gasteiger partial charge in [-0.15, -0.1) is 0 Å². The molecule has 5 N–H and O–H groups in total. The van der Waals surface area contributed by atoms with Crippen LogP contribution < -0.4 is 32.1 Å². The summed E-state index contributed by atoms with van der Waals surface area (Å²) >= 11 is 0. The minimum Gasteiger partial charge on any atom is -0.491 e. The van der Waals surface area contributed by atoms with Crippen molar-refractivity contribution in [2.45, 2.75) is 66.5 Å². The van der Waals surface area contributed by atoms with Crippen molar-refractivity contribution in [3.05, 3.63) is 92.0 Å². The predicted molar refractivity (Wildman–Crippen MR) is 223 cm³/mol. The molecule has 6 rings (SSSR count). The van der Waals surface area contributed by atoms with E-state index in [2.05, 4.69) is 37.7 Å². The number of carbonyl (C=O) groups is 2. The van der Waals surface area contributed by atoms with Crippen LogP contribution in [0.5, 0.6) is 11.5 Å². The summed E-state index contributed by atoms with van der Waals surface area (Å²) in [5, 5.41) is 13.6. The lowest BCUT2D eigenvalue weighted by Gasteiger charge is -2.18. The third-order valence-corrected chi connectivity index (χ3v) is 9.91. The van der Waals surface area contributed by atoms with Crippen LogP contribution in [0.3, 0.4) is 0 Å². The highest BCUT2D eigenvalue weighted by Gasteiger charge is 2.21. The van der Waals surface area contributed by atoms with Crippen molar-refractivity contribution in [3.63, 3.8) is 0 Å². The number of methoxy groups -OCH3 is 1. The van der Waals surface area contributed by atoms with Crippen LogP contribution in [0, 0.1) is 25.7 Å². The van der Waals surface area contributed by atoms with Gasteiger partial charge in [-0.05, 0) is 73.6 Å². The molecule has 0 aliphatic heterocycles. The van der Waals surface area contributed by atoms with Crippen LogP contribution in [-0.4, -0.2) is 68.6 Å². The predicted octanol–water partition coefficient (Wildman–Crippen LogP) is 5.78. The van der Waals surface area contributed by atoms with Gasteiger partial charge in [-0.3, -0.25) is 19.6 Å². The molecule has 6 aromatic rings. The number of hydrogen-bond donors (Lipinski definition) is 3. The zero-order chi connectivity index (χ0) is 41.9. The molecule has 0 saturated heterocycles. The van der Waals surface area contributed by atoms with E-state index in [0.29, 0.717) is 67.1 Å². The van der Waals surface area contributed by atoms with Crippen LogP contribution >= 0.6 is 0 Å². The van der Waals surface area contributed by atoms with Gasteiger partial charge in [0.1, 0.15) is 35.8 Å². The van der Waals surface area contributed by atoms with Gasteiger partial charge in [0, 0.05) is 61.5 Å². The van der Waals surface area contributed by atoms with Crippen molar-refractivity contribution in [2.24, 2.45) is 37.4 Å². The summed E-state index contributed by atoms with van der Waals surface area (Å²) in [4.78, 5) is 58.5. The van der Waals surface area contributed by atoms with Gasteiger partial charge < -0.3 is 39.9 Å². The Bertz CT molecular complexity index is 2610. The number of carboxylic acid groups (broad SMARTS) is 1. The van der Waals surface area contributed by atoms with Crippen molar-refractivity contribution < 1.29 is 28.9 Å². The molecule has 0 fully saturated rings. The number of aryl methyl sites for hydroxylation is 4. The van der Waals surface area contributed by atoms with E-state index in [1.807, 2.05) is 0 Å². The van der Waals surface area contributed by atoms with Crippen molar-refractivity contribution in [2.75, 3.05) is 20.3 Å². The number of nitrogens with two attached hydrogens (primary N) is 2. The number of aromatic nitrogens is 4. The molecular weight excluding hydrogens is 729 g/mol. The van der Waals surface area contributed by atoms with Crippen LogP contribution in [0.4, 0.5) is 0 Å². The first-order valence-corrected chi connectivity index (χ1v) is 18.9. The maximum atomic E-state index is 12.9. The fourth-order valence-electron chi connectivity index (χ4n) is 7.22. The Labute approximate surface area is 330 Å². The van der Waals surface area contributed by atoms with Crippen molar-refractivity contribution in [1.82, 2.24) is 19.1 Å². The van der Waals surface area contributed by atoms with Crippen LogP contribution in [-0.2, 0) is 18.8 Å². The number of carboxylic acids is 1. The van der Waals surface area contributed by atoms with Gasteiger partial charge in [0.2, 0.25) is 0 Å². The summed E-state index contributed by atoms with van der Waals surface area (Å²) in [6.07, 6.45) is 4.85. The second-order valence-corrected chi connectivity index (χ2v) is 15.3. The monoisotopic (exact) mass is 780 g/mol. The van der Waals surface area contributed by atoms with E-state index in [4.69, 9.17) is 25.7 Å². The van der Waals surface area contributed by atoms with Crippen LogP contribution in [0.15, 0.2) is 58.4 Å². The Hall–Kier alpha value is -5.86. The highest BCUT2D eigenvalue weighted by Crippen LogP contribution is 2.32. The Kier molecular flexibility index (Phi) is 13.0. The second kappa shape index (κ2) is 17.5. The molecule has 0 radical (unpaired) electrons. The Morgan fingerprint density at radius 1 is 0.702 bits per heavy atom. The van der Waals surface area contributed by atoms with Gasteiger partial charge >= 0.3 is 11.9 Å². The summed E-state index contributed by atoms with van der Waals surface area (Å²) in [7, 11) is 4.68. The quantitative estimate of drug-likeness (QED) is 0.0999. The van der Waals surface area contributed by atoms with E-state index in [0.717, 1.165) is 23.6 Å². The van der Waals surface area contributed by atoms with Gasteiger partial charge in [-0.2, -0.15) is 0 Å². The van der Waals surface area contributed by atoms with Gasteiger partial charge in [0.05, 0.1) is 40.3 Å². The molecule has 4 aromatic heterocycles.